The zero-order valence-corrected chi connectivity index (χ0v) is 13.3. The van der Waals surface area contributed by atoms with Gasteiger partial charge in [-0.1, -0.05) is 51.9 Å². The summed E-state index contributed by atoms with van der Waals surface area (Å²) in [6.45, 7) is 3.38. The van der Waals surface area contributed by atoms with E-state index >= 15 is 0 Å². The molecule has 0 radical (unpaired) electrons. The molecule has 0 saturated carbocycles. The molecular formula is C15H27N3OS. The highest BCUT2D eigenvalue weighted by Crippen LogP contribution is 2.18. The number of unbranched alkanes of at least 4 members (excludes halogenated alkanes) is 7. The van der Waals surface area contributed by atoms with E-state index in [1.165, 1.54) is 44.9 Å². The lowest BCUT2D eigenvalue weighted by Gasteiger charge is -2.19. The Morgan fingerprint density at radius 1 is 1.20 bits per heavy atom. The Bertz CT molecular complexity index is 354. The molecule has 0 aliphatic carbocycles. The van der Waals surface area contributed by atoms with Crippen LogP contribution in [0, 0.1) is 0 Å². The molecule has 1 rings (SSSR count). The van der Waals surface area contributed by atoms with E-state index in [0.29, 0.717) is 0 Å². The van der Waals surface area contributed by atoms with Crippen molar-refractivity contribution in [1.82, 2.24) is 4.98 Å². The Morgan fingerprint density at radius 3 is 2.40 bits per heavy atom. The number of primary amides is 1. The summed E-state index contributed by atoms with van der Waals surface area (Å²) in [5.74, 6) is -0.292. The van der Waals surface area contributed by atoms with Gasteiger partial charge in [0.15, 0.2) is 5.13 Å². The predicted molar refractivity (Wildman–Crippen MR) is 86.1 cm³/mol. The molecule has 0 aromatic carbocycles. The summed E-state index contributed by atoms with van der Waals surface area (Å²) in [5, 5.41) is 2.82. The maximum absolute atomic E-state index is 11.1. The van der Waals surface area contributed by atoms with Crippen LogP contribution < -0.4 is 10.6 Å². The van der Waals surface area contributed by atoms with E-state index in [-0.39, 0.29) is 12.5 Å². The number of hydrogen-bond acceptors (Lipinski definition) is 4. The molecule has 0 bridgehead atoms. The van der Waals surface area contributed by atoms with E-state index < -0.39 is 0 Å². The van der Waals surface area contributed by atoms with E-state index in [1.807, 2.05) is 10.3 Å². The second-order valence-electron chi connectivity index (χ2n) is 5.18. The third-order valence-electron chi connectivity index (χ3n) is 3.32. The molecule has 5 heteroatoms. The van der Waals surface area contributed by atoms with E-state index in [0.717, 1.165) is 18.1 Å². The zero-order chi connectivity index (χ0) is 14.6. The number of nitrogens with zero attached hydrogens (tertiary/aromatic N) is 2. The first-order valence-corrected chi connectivity index (χ1v) is 8.54. The minimum atomic E-state index is -0.292. The molecule has 0 aliphatic rings. The standard InChI is InChI=1S/C15H27N3OS/c1-2-3-4-5-6-7-8-9-11-18(13-14(16)19)15-17-10-12-20-15/h10,12H,2-9,11,13H2,1H3,(H2,16,19). The molecule has 114 valence electrons. The van der Waals surface area contributed by atoms with Crippen LogP contribution in [0.2, 0.25) is 0 Å². The molecule has 0 atom stereocenters. The molecule has 0 fully saturated rings. The lowest BCUT2D eigenvalue weighted by atomic mass is 10.1. The minimum absolute atomic E-state index is 0.268. The second-order valence-corrected chi connectivity index (χ2v) is 6.05. The second kappa shape index (κ2) is 10.7. The molecule has 1 heterocycles. The first-order valence-electron chi connectivity index (χ1n) is 7.66. The van der Waals surface area contributed by atoms with Crippen LogP contribution in [-0.4, -0.2) is 24.0 Å². The number of hydrogen-bond donors (Lipinski definition) is 1. The van der Waals surface area contributed by atoms with Crippen LogP contribution in [0.4, 0.5) is 5.13 Å². The van der Waals surface area contributed by atoms with Crippen molar-refractivity contribution in [3.63, 3.8) is 0 Å². The molecule has 1 amide bonds. The summed E-state index contributed by atoms with van der Waals surface area (Å²) >= 11 is 1.56. The molecule has 1 aromatic heterocycles. The number of aromatic nitrogens is 1. The highest BCUT2D eigenvalue weighted by molar-refractivity contribution is 7.13. The summed E-state index contributed by atoms with van der Waals surface area (Å²) in [5.41, 5.74) is 5.29. The first-order chi connectivity index (χ1) is 9.74. The summed E-state index contributed by atoms with van der Waals surface area (Å²) in [6, 6.07) is 0. The van der Waals surface area contributed by atoms with Gasteiger partial charge >= 0.3 is 0 Å². The third-order valence-corrected chi connectivity index (χ3v) is 4.15. The van der Waals surface area contributed by atoms with Gasteiger partial charge in [-0.3, -0.25) is 4.79 Å². The SMILES string of the molecule is CCCCCCCCCCN(CC(N)=O)c1nccs1. The fourth-order valence-electron chi connectivity index (χ4n) is 2.24. The molecule has 20 heavy (non-hydrogen) atoms. The van der Waals surface area contributed by atoms with Crippen molar-refractivity contribution >= 4 is 22.4 Å². The summed E-state index contributed by atoms with van der Waals surface area (Å²) in [4.78, 5) is 17.3. The number of amides is 1. The van der Waals surface area contributed by atoms with Crippen LogP contribution in [0.5, 0.6) is 0 Å². The Kier molecular flexibility index (Phi) is 9.04. The lowest BCUT2D eigenvalue weighted by Crippen LogP contribution is -2.34. The van der Waals surface area contributed by atoms with Gasteiger partial charge in [-0.05, 0) is 6.42 Å². The van der Waals surface area contributed by atoms with Crippen molar-refractivity contribution in [3.05, 3.63) is 11.6 Å². The van der Waals surface area contributed by atoms with Gasteiger partial charge in [0.25, 0.3) is 0 Å². The van der Waals surface area contributed by atoms with Crippen LogP contribution in [0.3, 0.4) is 0 Å². The third kappa shape index (κ3) is 7.48. The van der Waals surface area contributed by atoms with Gasteiger partial charge in [-0.15, -0.1) is 11.3 Å². The summed E-state index contributed by atoms with van der Waals surface area (Å²) < 4.78 is 0. The van der Waals surface area contributed by atoms with E-state index in [4.69, 9.17) is 5.73 Å². The van der Waals surface area contributed by atoms with E-state index in [9.17, 15) is 4.79 Å². The Labute approximate surface area is 126 Å². The topological polar surface area (TPSA) is 59.2 Å². The van der Waals surface area contributed by atoms with Gasteiger partial charge in [0.05, 0.1) is 6.54 Å². The molecule has 2 N–H and O–H groups in total. The van der Waals surface area contributed by atoms with Crippen LogP contribution in [-0.2, 0) is 4.79 Å². The van der Waals surface area contributed by atoms with Crippen molar-refractivity contribution in [1.29, 1.82) is 0 Å². The number of anilines is 1. The van der Waals surface area contributed by atoms with Gasteiger partial charge in [-0.25, -0.2) is 4.98 Å². The van der Waals surface area contributed by atoms with Gasteiger partial charge < -0.3 is 10.6 Å². The smallest absolute Gasteiger partial charge is 0.237 e. The fourth-order valence-corrected chi connectivity index (χ4v) is 2.91. The van der Waals surface area contributed by atoms with Gasteiger partial charge in [-0.2, -0.15) is 0 Å². The predicted octanol–water partition coefficient (Wildman–Crippen LogP) is 3.58. The van der Waals surface area contributed by atoms with Crippen LogP contribution in [0.25, 0.3) is 0 Å². The lowest BCUT2D eigenvalue weighted by molar-refractivity contribution is -0.116. The number of rotatable bonds is 12. The van der Waals surface area contributed by atoms with Crippen molar-refractivity contribution in [2.24, 2.45) is 5.73 Å². The Morgan fingerprint density at radius 2 is 1.85 bits per heavy atom. The maximum Gasteiger partial charge on any atom is 0.237 e. The number of carbonyl (C=O) groups is 1. The van der Waals surface area contributed by atoms with Gasteiger partial charge in [0.2, 0.25) is 5.91 Å². The van der Waals surface area contributed by atoms with Crippen LogP contribution in [0.1, 0.15) is 58.3 Å². The maximum atomic E-state index is 11.1. The average Bonchev–Trinajstić information content (AvgIpc) is 2.94. The van der Waals surface area contributed by atoms with Gasteiger partial charge in [0.1, 0.15) is 0 Å². The Hall–Kier alpha value is -1.10. The fraction of sp³-hybridized carbons (Fsp3) is 0.733. The molecule has 0 aliphatic heterocycles. The number of nitrogens with two attached hydrogens (primary N) is 1. The normalized spacial score (nSPS) is 10.7. The molecule has 4 nitrogen and oxygen atoms in total. The van der Waals surface area contributed by atoms with Crippen molar-refractivity contribution in [2.75, 3.05) is 18.0 Å². The highest BCUT2D eigenvalue weighted by atomic mass is 32.1. The zero-order valence-electron chi connectivity index (χ0n) is 12.5. The molecule has 0 saturated heterocycles. The largest absolute Gasteiger partial charge is 0.368 e. The monoisotopic (exact) mass is 297 g/mol. The molecular weight excluding hydrogens is 270 g/mol. The summed E-state index contributed by atoms with van der Waals surface area (Å²) in [6.07, 6.45) is 12.1. The van der Waals surface area contributed by atoms with Crippen molar-refractivity contribution < 1.29 is 4.79 Å². The quantitative estimate of drug-likeness (QED) is 0.600. The Balaban J connectivity index is 2.15. The van der Waals surface area contributed by atoms with Crippen LogP contribution >= 0.6 is 11.3 Å². The van der Waals surface area contributed by atoms with E-state index in [2.05, 4.69) is 11.9 Å². The minimum Gasteiger partial charge on any atom is -0.368 e. The van der Waals surface area contributed by atoms with E-state index in [1.54, 1.807) is 17.5 Å². The average molecular weight is 297 g/mol. The van der Waals surface area contributed by atoms with Crippen molar-refractivity contribution in [3.8, 4) is 0 Å². The highest BCUT2D eigenvalue weighted by Gasteiger charge is 2.11. The number of carbonyl (C=O) groups excluding carboxylic acids is 1. The van der Waals surface area contributed by atoms with Crippen LogP contribution in [0.15, 0.2) is 11.6 Å². The van der Waals surface area contributed by atoms with Crippen molar-refractivity contribution in [2.45, 2.75) is 58.3 Å². The molecule has 0 unspecified atom stereocenters. The molecule has 1 aromatic rings. The summed E-state index contributed by atoms with van der Waals surface area (Å²) in [7, 11) is 0. The first kappa shape index (κ1) is 17.0. The molecule has 0 spiro atoms. The number of thiazole rings is 1. The van der Waals surface area contributed by atoms with Gasteiger partial charge in [0, 0.05) is 18.1 Å².